The third kappa shape index (κ3) is 11.9. The molecule has 1 amide bonds. The summed E-state index contributed by atoms with van der Waals surface area (Å²) in [5.74, 6) is 0. The van der Waals surface area contributed by atoms with Crippen LogP contribution in [0.25, 0.3) is 0 Å². The molecular formula is C21H47N2O5Si+. The highest BCUT2D eigenvalue weighted by Crippen LogP contribution is 2.19. The van der Waals surface area contributed by atoms with Crippen LogP contribution in [0.3, 0.4) is 0 Å². The van der Waals surface area contributed by atoms with E-state index in [0.29, 0.717) is 39.0 Å². The average Bonchev–Trinajstić information content (AvgIpc) is 2.75. The number of alkyl carbamates (subject to hydrolysis) is 1. The summed E-state index contributed by atoms with van der Waals surface area (Å²) in [5, 5.41) is 2.85. The van der Waals surface area contributed by atoms with Gasteiger partial charge in [0.1, 0.15) is 13.2 Å². The molecule has 0 aliphatic heterocycles. The van der Waals surface area contributed by atoms with E-state index in [9.17, 15) is 4.79 Å². The van der Waals surface area contributed by atoms with Crippen LogP contribution in [-0.2, 0) is 18.0 Å². The van der Waals surface area contributed by atoms with Crippen molar-refractivity contribution in [2.24, 2.45) is 0 Å². The van der Waals surface area contributed by atoms with Crippen LogP contribution >= 0.6 is 0 Å². The first-order chi connectivity index (χ1) is 14.0. The zero-order valence-corrected chi connectivity index (χ0v) is 20.9. The number of nitrogens with one attached hydrogen (secondary N) is 1. The van der Waals surface area contributed by atoms with Crippen molar-refractivity contribution >= 4 is 14.9 Å². The van der Waals surface area contributed by atoms with E-state index >= 15 is 0 Å². The Labute approximate surface area is 180 Å². The number of amides is 1. The number of carbonyl (C=O) groups is 1. The summed E-state index contributed by atoms with van der Waals surface area (Å²) in [7, 11) is -2.69. The Morgan fingerprint density at radius 1 is 0.793 bits per heavy atom. The molecule has 0 spiro atoms. The Kier molecular flexibility index (Phi) is 16.7. The maximum atomic E-state index is 12.0. The second-order valence-corrected chi connectivity index (χ2v) is 10.1. The monoisotopic (exact) mass is 435 g/mol. The van der Waals surface area contributed by atoms with Crippen LogP contribution < -0.4 is 5.32 Å². The minimum atomic E-state index is -2.69. The summed E-state index contributed by atoms with van der Waals surface area (Å²) in [4.78, 5) is 12.0. The molecule has 0 rings (SSSR count). The molecule has 0 unspecified atom stereocenters. The third-order valence-electron chi connectivity index (χ3n) is 5.32. The van der Waals surface area contributed by atoms with Crippen LogP contribution in [0, 0.1) is 0 Å². The standard InChI is InChI=1S/C21H46N2O5Si/c1-7-16-26-29(27-17-8-2,28-18-9-3)20-13-14-22-21(24)25-19-15-23(10-4,11-5)12-6/h7-20H2,1-6H3/p+1. The Morgan fingerprint density at radius 3 is 1.69 bits per heavy atom. The van der Waals surface area contributed by atoms with E-state index in [-0.39, 0.29) is 6.09 Å². The fourth-order valence-electron chi connectivity index (χ4n) is 3.14. The summed E-state index contributed by atoms with van der Waals surface area (Å²) in [5.41, 5.74) is 0. The van der Waals surface area contributed by atoms with E-state index in [1.807, 2.05) is 0 Å². The fraction of sp³-hybridized carbons (Fsp3) is 0.952. The first-order valence-electron chi connectivity index (χ1n) is 11.6. The van der Waals surface area contributed by atoms with Gasteiger partial charge in [-0.2, -0.15) is 0 Å². The van der Waals surface area contributed by atoms with Crippen LogP contribution in [0.4, 0.5) is 4.79 Å². The second-order valence-electron chi connectivity index (χ2n) is 7.41. The van der Waals surface area contributed by atoms with Gasteiger partial charge in [-0.25, -0.2) is 4.79 Å². The molecule has 0 fully saturated rings. The Balaban J connectivity index is 4.41. The fourth-order valence-corrected chi connectivity index (χ4v) is 5.98. The topological polar surface area (TPSA) is 66.0 Å². The maximum absolute atomic E-state index is 12.0. The zero-order valence-electron chi connectivity index (χ0n) is 19.9. The number of quaternary nitrogens is 1. The van der Waals surface area contributed by atoms with Gasteiger partial charge in [0.2, 0.25) is 0 Å². The van der Waals surface area contributed by atoms with Crippen molar-refractivity contribution in [3.63, 3.8) is 0 Å². The molecule has 174 valence electrons. The molecule has 0 aromatic heterocycles. The van der Waals surface area contributed by atoms with Crippen LogP contribution in [0.5, 0.6) is 0 Å². The normalized spacial score (nSPS) is 12.2. The quantitative estimate of drug-likeness (QED) is 0.187. The van der Waals surface area contributed by atoms with Crippen LogP contribution in [0.15, 0.2) is 0 Å². The predicted octanol–water partition coefficient (Wildman–Crippen LogP) is 4.20. The van der Waals surface area contributed by atoms with Gasteiger partial charge in [0.25, 0.3) is 0 Å². The molecule has 8 heteroatoms. The van der Waals surface area contributed by atoms with Crippen LogP contribution in [0.2, 0.25) is 6.04 Å². The SMILES string of the molecule is CCCO[Si](CCCNC(=O)OCC[N+](CC)(CC)CC)(OCCC)OCCC. The summed E-state index contributed by atoms with van der Waals surface area (Å²) in [6.45, 7) is 19.7. The van der Waals surface area contributed by atoms with Gasteiger partial charge in [0.15, 0.2) is 0 Å². The second kappa shape index (κ2) is 17.1. The minimum absolute atomic E-state index is 0.350. The summed E-state index contributed by atoms with van der Waals surface area (Å²) < 4.78 is 24.6. The van der Waals surface area contributed by atoms with E-state index in [1.54, 1.807) is 0 Å². The number of hydrogen-bond acceptors (Lipinski definition) is 5. The van der Waals surface area contributed by atoms with Crippen molar-refractivity contribution in [2.75, 3.05) is 59.2 Å². The lowest BCUT2D eigenvalue weighted by atomic mass is 10.3. The van der Waals surface area contributed by atoms with Gasteiger partial charge in [-0.15, -0.1) is 0 Å². The van der Waals surface area contributed by atoms with Gasteiger partial charge in [0.05, 0.1) is 19.6 Å². The Morgan fingerprint density at radius 2 is 1.28 bits per heavy atom. The smallest absolute Gasteiger partial charge is 0.444 e. The molecule has 0 bridgehead atoms. The van der Waals surface area contributed by atoms with Gasteiger partial charge < -0.3 is 27.8 Å². The first-order valence-corrected chi connectivity index (χ1v) is 13.6. The highest BCUT2D eigenvalue weighted by molar-refractivity contribution is 6.60. The molecule has 0 radical (unpaired) electrons. The molecule has 0 aromatic carbocycles. The molecule has 7 nitrogen and oxygen atoms in total. The maximum Gasteiger partial charge on any atom is 0.501 e. The molecule has 0 saturated carbocycles. The predicted molar refractivity (Wildman–Crippen MR) is 120 cm³/mol. The highest BCUT2D eigenvalue weighted by Gasteiger charge is 2.40. The summed E-state index contributed by atoms with van der Waals surface area (Å²) in [6, 6.07) is 0.703. The lowest BCUT2D eigenvalue weighted by Crippen LogP contribution is -2.50. The molecule has 0 heterocycles. The molecule has 0 aromatic rings. The highest BCUT2D eigenvalue weighted by atomic mass is 28.4. The van der Waals surface area contributed by atoms with E-state index in [4.69, 9.17) is 18.0 Å². The summed E-state index contributed by atoms with van der Waals surface area (Å²) in [6.07, 6.45) is 3.18. The van der Waals surface area contributed by atoms with E-state index in [0.717, 1.165) is 56.3 Å². The van der Waals surface area contributed by atoms with Gasteiger partial charge >= 0.3 is 14.9 Å². The van der Waals surface area contributed by atoms with Crippen molar-refractivity contribution in [1.82, 2.24) is 5.32 Å². The van der Waals surface area contributed by atoms with Crippen molar-refractivity contribution in [2.45, 2.75) is 73.3 Å². The Bertz CT molecular complexity index is 378. The van der Waals surface area contributed by atoms with Gasteiger partial charge in [0, 0.05) is 32.4 Å². The van der Waals surface area contributed by atoms with E-state index < -0.39 is 8.80 Å². The van der Waals surface area contributed by atoms with Crippen molar-refractivity contribution in [1.29, 1.82) is 0 Å². The van der Waals surface area contributed by atoms with Crippen molar-refractivity contribution in [3.8, 4) is 0 Å². The van der Waals surface area contributed by atoms with E-state index in [2.05, 4.69) is 46.9 Å². The molecule has 0 aliphatic rings. The van der Waals surface area contributed by atoms with Crippen LogP contribution in [-0.4, -0.2) is 78.5 Å². The van der Waals surface area contributed by atoms with Crippen molar-refractivity contribution < 1.29 is 27.3 Å². The molecule has 29 heavy (non-hydrogen) atoms. The molecule has 1 N–H and O–H groups in total. The van der Waals surface area contributed by atoms with Crippen LogP contribution in [0.1, 0.15) is 67.2 Å². The minimum Gasteiger partial charge on any atom is -0.444 e. The van der Waals surface area contributed by atoms with Crippen molar-refractivity contribution in [3.05, 3.63) is 0 Å². The molecule has 0 atom stereocenters. The van der Waals surface area contributed by atoms with Gasteiger partial charge in [-0.3, -0.25) is 0 Å². The number of ether oxygens (including phenoxy) is 1. The molecule has 0 aliphatic carbocycles. The number of rotatable bonds is 19. The van der Waals surface area contributed by atoms with E-state index in [1.165, 1.54) is 0 Å². The number of carbonyl (C=O) groups excluding carboxylic acids is 1. The summed E-state index contributed by atoms with van der Waals surface area (Å²) >= 11 is 0. The van der Waals surface area contributed by atoms with Gasteiger partial charge in [-0.05, 0) is 46.5 Å². The zero-order chi connectivity index (χ0) is 22.0. The average molecular weight is 436 g/mol. The number of likely N-dealkylation sites (N-methyl/N-ethyl adjacent to an activating group) is 1. The first kappa shape index (κ1) is 28.3. The number of nitrogens with zero attached hydrogens (tertiary/aromatic N) is 1. The number of hydrogen-bond donors (Lipinski definition) is 1. The third-order valence-corrected chi connectivity index (χ3v) is 8.22. The lowest BCUT2D eigenvalue weighted by molar-refractivity contribution is -0.923. The lowest BCUT2D eigenvalue weighted by Gasteiger charge is -2.35. The molecule has 0 saturated heterocycles. The largest absolute Gasteiger partial charge is 0.501 e. The molecular weight excluding hydrogens is 388 g/mol. The van der Waals surface area contributed by atoms with Gasteiger partial charge in [-0.1, -0.05) is 20.8 Å². The Hall–Kier alpha value is -0.673.